The van der Waals surface area contributed by atoms with E-state index < -0.39 is 0 Å². The summed E-state index contributed by atoms with van der Waals surface area (Å²) >= 11 is 2.01. The van der Waals surface area contributed by atoms with Crippen molar-refractivity contribution < 1.29 is 0 Å². The zero-order valence-electron chi connectivity index (χ0n) is 19.1. The molecule has 33 heavy (non-hydrogen) atoms. The minimum absolute atomic E-state index is 1.10. The van der Waals surface area contributed by atoms with Crippen LogP contribution in [0.5, 0.6) is 0 Å². The molecule has 164 valence electrons. The fourth-order valence-electron chi connectivity index (χ4n) is 5.11. The first-order valence-electron chi connectivity index (χ1n) is 12.4. The highest BCUT2D eigenvalue weighted by Gasteiger charge is 2.13. The molecule has 0 heterocycles. The van der Waals surface area contributed by atoms with Crippen molar-refractivity contribution in [1.29, 1.82) is 0 Å². The van der Waals surface area contributed by atoms with Gasteiger partial charge >= 0.3 is 0 Å². The largest absolute Gasteiger partial charge is 0.0895 e. The number of benzene rings is 4. The van der Waals surface area contributed by atoms with Crippen molar-refractivity contribution in [3.05, 3.63) is 129 Å². The molecule has 12 rings (SSSR count). The van der Waals surface area contributed by atoms with Crippen LogP contribution in [0.15, 0.2) is 94.7 Å². The molecule has 8 bridgehead atoms. The van der Waals surface area contributed by atoms with Gasteiger partial charge in [-0.1, -0.05) is 84.6 Å². The van der Waals surface area contributed by atoms with Crippen molar-refractivity contribution in [3.63, 3.8) is 0 Å². The van der Waals surface area contributed by atoms with E-state index in [2.05, 4.69) is 84.9 Å². The molecule has 0 atom stereocenters. The molecule has 0 saturated carbocycles. The van der Waals surface area contributed by atoms with Crippen LogP contribution in [0.1, 0.15) is 44.5 Å². The van der Waals surface area contributed by atoms with E-state index in [1.165, 1.54) is 54.3 Å². The molecule has 1 heteroatoms. The lowest BCUT2D eigenvalue weighted by Gasteiger charge is -2.17. The summed E-state index contributed by atoms with van der Waals surface area (Å²) in [7, 11) is 0. The molecule has 0 aliphatic heterocycles. The molecule has 0 saturated heterocycles. The van der Waals surface area contributed by atoms with Crippen molar-refractivity contribution in [1.82, 2.24) is 0 Å². The fourth-order valence-corrected chi connectivity index (χ4v) is 6.37. The van der Waals surface area contributed by atoms with E-state index in [-0.39, 0.29) is 0 Å². The average molecular weight is 447 g/mol. The first kappa shape index (κ1) is 20.8. The highest BCUT2D eigenvalue weighted by Crippen LogP contribution is 2.36. The Balaban J connectivity index is 1.33. The summed E-state index contributed by atoms with van der Waals surface area (Å²) in [5, 5.41) is 0. The van der Waals surface area contributed by atoms with Crippen LogP contribution in [0.3, 0.4) is 0 Å². The summed E-state index contributed by atoms with van der Waals surface area (Å²) in [6.45, 7) is 0. The van der Waals surface area contributed by atoms with Crippen molar-refractivity contribution >= 4 is 11.8 Å². The Labute approximate surface area is 202 Å². The van der Waals surface area contributed by atoms with Crippen molar-refractivity contribution in [2.24, 2.45) is 0 Å². The number of hydrogen-bond donors (Lipinski definition) is 0. The lowest BCUT2D eigenvalue weighted by Crippen LogP contribution is -2.01. The van der Waals surface area contributed by atoms with E-state index in [9.17, 15) is 0 Å². The maximum absolute atomic E-state index is 2.48. The maximum atomic E-state index is 2.48. The molecule has 8 aliphatic rings. The lowest BCUT2D eigenvalue weighted by molar-refractivity contribution is 0.893. The van der Waals surface area contributed by atoms with Gasteiger partial charge in [0.05, 0.1) is 0 Å². The molecule has 0 amide bonds. The number of hydrogen-bond acceptors (Lipinski definition) is 1. The van der Waals surface area contributed by atoms with E-state index in [1.807, 2.05) is 11.8 Å². The van der Waals surface area contributed by atoms with Crippen molar-refractivity contribution in [2.45, 2.75) is 61.2 Å². The van der Waals surface area contributed by atoms with Crippen LogP contribution >= 0.6 is 11.8 Å². The molecular weight excluding hydrogens is 416 g/mol. The zero-order chi connectivity index (χ0) is 22.0. The molecule has 0 nitrogen and oxygen atoms in total. The quantitative estimate of drug-likeness (QED) is 0.305. The lowest BCUT2D eigenvalue weighted by atomic mass is 9.96. The first-order valence-corrected chi connectivity index (χ1v) is 13.2. The predicted molar refractivity (Wildman–Crippen MR) is 140 cm³/mol. The summed E-state index contributed by atoms with van der Waals surface area (Å²) in [5.74, 6) is 0. The molecule has 0 unspecified atom stereocenters. The SMILES string of the molecule is c1cc2ccc1CCc1ccc(c(Sc3cc4ccc3CCc3ccc(cc3)CC4)c1)CC2. The van der Waals surface area contributed by atoms with Gasteiger partial charge < -0.3 is 0 Å². The van der Waals surface area contributed by atoms with Gasteiger partial charge in [-0.15, -0.1) is 0 Å². The van der Waals surface area contributed by atoms with Gasteiger partial charge in [0.2, 0.25) is 0 Å². The van der Waals surface area contributed by atoms with E-state index in [0.29, 0.717) is 0 Å². The van der Waals surface area contributed by atoms with Crippen LogP contribution in [-0.4, -0.2) is 0 Å². The number of rotatable bonds is 2. The second-order valence-corrected chi connectivity index (χ2v) is 10.7. The Hall–Kier alpha value is -2.77. The van der Waals surface area contributed by atoms with Crippen LogP contribution in [0, 0.1) is 0 Å². The molecular formula is C32H30S. The molecule has 0 fully saturated rings. The van der Waals surface area contributed by atoms with Gasteiger partial charge in [0.25, 0.3) is 0 Å². The topological polar surface area (TPSA) is 0 Å². The van der Waals surface area contributed by atoms with E-state index in [1.54, 1.807) is 0 Å². The predicted octanol–water partition coefficient (Wildman–Crippen LogP) is 7.61. The molecule has 8 aliphatic carbocycles. The Bertz CT molecular complexity index is 1160. The third kappa shape index (κ3) is 4.80. The second kappa shape index (κ2) is 9.23. The van der Waals surface area contributed by atoms with Gasteiger partial charge in [-0.25, -0.2) is 0 Å². The van der Waals surface area contributed by atoms with Crippen LogP contribution in [0.25, 0.3) is 0 Å². The molecule has 0 aromatic heterocycles. The maximum Gasteiger partial charge on any atom is 0.0157 e. The summed E-state index contributed by atoms with van der Waals surface area (Å²) in [6.07, 6.45) is 8.86. The summed E-state index contributed by atoms with van der Waals surface area (Å²) < 4.78 is 0. The Kier molecular flexibility index (Phi) is 5.82. The van der Waals surface area contributed by atoms with E-state index in [4.69, 9.17) is 0 Å². The molecule has 4 aromatic rings. The van der Waals surface area contributed by atoms with Gasteiger partial charge in [0.15, 0.2) is 0 Å². The highest BCUT2D eigenvalue weighted by atomic mass is 32.2. The highest BCUT2D eigenvalue weighted by molar-refractivity contribution is 7.99. The standard InChI is InChI=1S/C32H30S/c1-5-25-6-2-23(1)9-11-27-15-19-29(17-13-25)31(21-27)33-32-22-28-12-10-24-3-7-26(8-4-24)14-18-30(32)20-16-28/h1-8,15-16,19-22H,9-14,17-18H2. The number of aryl methyl sites for hydroxylation is 8. The van der Waals surface area contributed by atoms with Gasteiger partial charge in [-0.3, -0.25) is 0 Å². The monoisotopic (exact) mass is 446 g/mol. The van der Waals surface area contributed by atoms with E-state index >= 15 is 0 Å². The fraction of sp³-hybridized carbons (Fsp3) is 0.250. The van der Waals surface area contributed by atoms with Crippen LogP contribution in [-0.2, 0) is 51.4 Å². The normalized spacial score (nSPS) is 15.0. The molecule has 0 radical (unpaired) electrons. The average Bonchev–Trinajstić information content (AvgIpc) is 2.83. The smallest absolute Gasteiger partial charge is 0.0157 e. The van der Waals surface area contributed by atoms with Crippen molar-refractivity contribution in [2.75, 3.05) is 0 Å². The Morgan fingerprint density at radius 3 is 1.03 bits per heavy atom. The summed E-state index contributed by atoms with van der Waals surface area (Å²) in [5.41, 5.74) is 11.7. The zero-order valence-corrected chi connectivity index (χ0v) is 20.0. The Morgan fingerprint density at radius 2 is 0.636 bits per heavy atom. The first-order chi connectivity index (χ1) is 16.3. The Morgan fingerprint density at radius 1 is 0.333 bits per heavy atom. The van der Waals surface area contributed by atoms with Crippen molar-refractivity contribution in [3.8, 4) is 0 Å². The van der Waals surface area contributed by atoms with Crippen LogP contribution in [0.2, 0.25) is 0 Å². The molecule has 0 spiro atoms. The summed E-state index contributed by atoms with van der Waals surface area (Å²) in [6, 6.07) is 33.1. The van der Waals surface area contributed by atoms with E-state index in [0.717, 1.165) is 51.4 Å². The van der Waals surface area contributed by atoms with Crippen LogP contribution in [0.4, 0.5) is 0 Å². The minimum atomic E-state index is 1.10. The van der Waals surface area contributed by atoms with Crippen LogP contribution < -0.4 is 0 Å². The van der Waals surface area contributed by atoms with Gasteiger partial charge in [0, 0.05) is 9.79 Å². The third-order valence-electron chi connectivity index (χ3n) is 7.30. The molecule has 4 aromatic carbocycles. The molecule has 0 N–H and O–H groups in total. The third-order valence-corrected chi connectivity index (χ3v) is 8.50. The minimum Gasteiger partial charge on any atom is -0.0895 e. The summed E-state index contributed by atoms with van der Waals surface area (Å²) in [4.78, 5) is 2.91. The van der Waals surface area contributed by atoms with Gasteiger partial charge in [-0.05, 0) is 108 Å². The second-order valence-electron chi connectivity index (χ2n) is 9.62. The van der Waals surface area contributed by atoms with Gasteiger partial charge in [-0.2, -0.15) is 0 Å². The van der Waals surface area contributed by atoms with Gasteiger partial charge in [0.1, 0.15) is 0 Å².